The van der Waals surface area contributed by atoms with E-state index in [1.54, 1.807) is 5.06 Å². The number of anilines is 1. The van der Waals surface area contributed by atoms with E-state index in [0.29, 0.717) is 25.9 Å². The van der Waals surface area contributed by atoms with Crippen LogP contribution in [0.5, 0.6) is 0 Å². The summed E-state index contributed by atoms with van der Waals surface area (Å²) in [6.45, 7) is 2.53. The van der Waals surface area contributed by atoms with Crippen molar-refractivity contribution in [3.63, 3.8) is 0 Å². The lowest BCUT2D eigenvalue weighted by Gasteiger charge is -2.35. The number of hydroxylamine groups is 1. The van der Waals surface area contributed by atoms with E-state index < -0.39 is 14.6 Å². The van der Waals surface area contributed by atoms with Crippen LogP contribution in [-0.2, 0) is 19.4 Å². The number of hydrogen-bond donors (Lipinski definition) is 1. The molecule has 35 heavy (non-hydrogen) atoms. The van der Waals surface area contributed by atoms with E-state index in [-0.39, 0.29) is 12.4 Å². The highest BCUT2D eigenvalue weighted by atomic mass is 32.2. The number of aliphatic hydroxyl groups excluding tert-OH is 1. The van der Waals surface area contributed by atoms with Crippen LogP contribution in [0.1, 0.15) is 50.2 Å². The third kappa shape index (κ3) is 6.72. The molecule has 1 N–H and O–H groups in total. The third-order valence-electron chi connectivity index (χ3n) is 6.35. The fourth-order valence-corrected chi connectivity index (χ4v) is 6.49. The van der Waals surface area contributed by atoms with Crippen LogP contribution in [0.2, 0.25) is 0 Å². The van der Waals surface area contributed by atoms with Crippen LogP contribution in [0.25, 0.3) is 6.08 Å². The molecule has 1 aliphatic carbocycles. The molecule has 0 saturated heterocycles. The number of benzene rings is 2. The normalized spacial score (nSPS) is 18.1. The van der Waals surface area contributed by atoms with E-state index in [9.17, 15) is 8.42 Å². The van der Waals surface area contributed by atoms with Crippen molar-refractivity contribution >= 4 is 21.6 Å². The Bertz CT molecular complexity index is 1140. The molecule has 1 aliphatic rings. The molecule has 0 aromatic heterocycles. The second kappa shape index (κ2) is 12.9. The van der Waals surface area contributed by atoms with Gasteiger partial charge in [0.1, 0.15) is 4.75 Å². The van der Waals surface area contributed by atoms with E-state index in [4.69, 9.17) is 9.94 Å². The molecule has 0 amide bonds. The summed E-state index contributed by atoms with van der Waals surface area (Å²) in [6, 6.07) is 17.6. The van der Waals surface area contributed by atoms with Gasteiger partial charge in [-0.1, -0.05) is 91.8 Å². The molecule has 0 radical (unpaired) electrons. The smallest absolute Gasteiger partial charge is 0.164 e. The molecule has 1 unspecified atom stereocenters. The molecule has 1 atom stereocenters. The highest BCUT2D eigenvalue weighted by molar-refractivity contribution is 7.92. The summed E-state index contributed by atoms with van der Waals surface area (Å²) in [4.78, 5) is 5.72. The van der Waals surface area contributed by atoms with Crippen molar-refractivity contribution in [1.29, 1.82) is 0 Å². The predicted octanol–water partition coefficient (Wildman–Crippen LogP) is 5.84. The Kier molecular flexibility index (Phi) is 9.90. The molecule has 0 heterocycles. The van der Waals surface area contributed by atoms with Gasteiger partial charge in [-0.2, -0.15) is 0 Å². The first-order valence-electron chi connectivity index (χ1n) is 12.4. The van der Waals surface area contributed by atoms with E-state index in [0.717, 1.165) is 35.2 Å². The van der Waals surface area contributed by atoms with Crippen molar-refractivity contribution in [2.24, 2.45) is 0 Å². The van der Waals surface area contributed by atoms with Crippen LogP contribution in [0.3, 0.4) is 0 Å². The monoisotopic (exact) mass is 495 g/mol. The van der Waals surface area contributed by atoms with E-state index in [1.165, 1.54) is 0 Å². The highest BCUT2D eigenvalue weighted by Crippen LogP contribution is 2.44. The lowest BCUT2D eigenvalue weighted by Crippen LogP contribution is -2.38. The average Bonchev–Trinajstić information content (AvgIpc) is 2.88. The molecule has 0 bridgehead atoms. The number of rotatable bonds is 13. The maximum absolute atomic E-state index is 14.0. The molecule has 2 aromatic rings. The van der Waals surface area contributed by atoms with Crippen LogP contribution in [0.4, 0.5) is 5.69 Å². The zero-order chi connectivity index (χ0) is 25.2. The molecule has 2 aromatic carbocycles. The van der Waals surface area contributed by atoms with E-state index >= 15 is 0 Å². The van der Waals surface area contributed by atoms with Crippen molar-refractivity contribution in [1.82, 2.24) is 0 Å². The summed E-state index contributed by atoms with van der Waals surface area (Å²) >= 11 is 0. The Morgan fingerprint density at radius 3 is 2.40 bits per heavy atom. The van der Waals surface area contributed by atoms with Crippen LogP contribution in [0.15, 0.2) is 84.5 Å². The van der Waals surface area contributed by atoms with Gasteiger partial charge in [0, 0.05) is 19.2 Å². The molecule has 3 rings (SSSR count). The number of para-hydroxylation sites is 1. The van der Waals surface area contributed by atoms with Crippen molar-refractivity contribution in [2.75, 3.05) is 31.1 Å². The second-order valence-corrected chi connectivity index (χ2v) is 11.1. The molecule has 5 nitrogen and oxygen atoms in total. The van der Waals surface area contributed by atoms with Gasteiger partial charge in [-0.3, -0.25) is 9.90 Å². The molecular weight excluding hydrogens is 458 g/mol. The first kappa shape index (κ1) is 26.9. The maximum Gasteiger partial charge on any atom is 0.164 e. The molecule has 0 aliphatic heterocycles. The largest absolute Gasteiger partial charge is 0.396 e. The van der Waals surface area contributed by atoms with Gasteiger partial charge in [0.25, 0.3) is 0 Å². The van der Waals surface area contributed by atoms with Crippen molar-refractivity contribution in [3.8, 4) is 0 Å². The van der Waals surface area contributed by atoms with Crippen molar-refractivity contribution in [2.45, 2.75) is 43.8 Å². The first-order chi connectivity index (χ1) is 16.9. The summed E-state index contributed by atoms with van der Waals surface area (Å²) < 4.78 is 26.7. The molecule has 0 saturated carbocycles. The number of nitrogens with zero attached hydrogens (tertiary/aromatic N) is 1. The Balaban J connectivity index is 1.95. The number of unbranched alkanes of at least 4 members (excludes halogenated alkanes) is 3. The van der Waals surface area contributed by atoms with Crippen LogP contribution >= 0.6 is 0 Å². The fraction of sp³-hybridized carbons (Fsp3) is 0.379. The van der Waals surface area contributed by atoms with Gasteiger partial charge in [0.05, 0.1) is 18.0 Å². The zero-order valence-electron chi connectivity index (χ0n) is 20.8. The van der Waals surface area contributed by atoms with Gasteiger partial charge in [0.15, 0.2) is 9.84 Å². The van der Waals surface area contributed by atoms with Crippen LogP contribution < -0.4 is 5.06 Å². The quantitative estimate of drug-likeness (QED) is 0.279. The number of sulfone groups is 1. The Labute approximate surface area is 210 Å². The van der Waals surface area contributed by atoms with E-state index in [2.05, 4.69) is 0 Å². The molecule has 0 spiro atoms. The lowest BCUT2D eigenvalue weighted by atomic mass is 9.87. The van der Waals surface area contributed by atoms with Crippen LogP contribution in [0, 0.1) is 0 Å². The molecule has 0 fully saturated rings. The van der Waals surface area contributed by atoms with Gasteiger partial charge in [0.2, 0.25) is 0 Å². The Morgan fingerprint density at radius 2 is 1.71 bits per heavy atom. The van der Waals surface area contributed by atoms with Gasteiger partial charge >= 0.3 is 0 Å². The summed E-state index contributed by atoms with van der Waals surface area (Å²) in [7, 11) is -1.73. The molecule has 6 heteroatoms. The maximum atomic E-state index is 14.0. The van der Waals surface area contributed by atoms with Gasteiger partial charge < -0.3 is 5.11 Å². The third-order valence-corrected chi connectivity index (χ3v) is 8.81. The Morgan fingerprint density at radius 1 is 1.00 bits per heavy atom. The first-order valence-corrected chi connectivity index (χ1v) is 14.0. The van der Waals surface area contributed by atoms with Crippen molar-refractivity contribution < 1.29 is 18.4 Å². The summed E-state index contributed by atoms with van der Waals surface area (Å²) in [5.41, 5.74) is 3.56. The minimum absolute atomic E-state index is 0.0957. The average molecular weight is 496 g/mol. The van der Waals surface area contributed by atoms with E-state index in [1.807, 2.05) is 98.9 Å². The van der Waals surface area contributed by atoms with Gasteiger partial charge in [-0.15, -0.1) is 0 Å². The predicted molar refractivity (Wildman–Crippen MR) is 145 cm³/mol. The minimum atomic E-state index is -3.55. The molecule has 188 valence electrons. The summed E-state index contributed by atoms with van der Waals surface area (Å²) in [5.74, 6) is 0.0957. The molecular formula is C29H37NO4S. The Hall–Kier alpha value is -2.67. The summed E-state index contributed by atoms with van der Waals surface area (Å²) in [6.07, 6.45) is 13.1. The zero-order valence-corrected chi connectivity index (χ0v) is 21.6. The van der Waals surface area contributed by atoms with Gasteiger partial charge in [-0.05, 0) is 43.4 Å². The van der Waals surface area contributed by atoms with Crippen LogP contribution in [-0.4, -0.2) is 39.5 Å². The number of allylic oxidation sites excluding steroid dienone is 4. The van der Waals surface area contributed by atoms with Crippen molar-refractivity contribution in [3.05, 3.63) is 95.6 Å². The summed E-state index contributed by atoms with van der Waals surface area (Å²) in [5, 5.41) is 10.7. The highest BCUT2D eigenvalue weighted by Gasteiger charge is 2.44. The second-order valence-electron chi connectivity index (χ2n) is 8.76. The number of hydrogen-bond acceptors (Lipinski definition) is 5. The SMILES string of the molecule is CCON(C)c1ccccc1C1(S(=O)(=O)CCCCCCO)C=CC(C=Cc2ccccc2)=CC1. The standard InChI is InChI=1S/C29H37NO4S/c1-3-34-30(2)28-16-10-9-15-27(28)29(35(32,33)24-12-5-4-11-23-31)21-19-26(20-22-29)18-17-25-13-7-6-8-14-25/h6-10,13-21,31H,3-5,11-12,22-24H2,1-2H3. The topological polar surface area (TPSA) is 66.8 Å². The minimum Gasteiger partial charge on any atom is -0.396 e. The lowest BCUT2D eigenvalue weighted by molar-refractivity contribution is 0.134. The number of aliphatic hydroxyl groups is 1. The fourth-order valence-electron chi connectivity index (χ4n) is 4.42. The van der Waals surface area contributed by atoms with Gasteiger partial charge in [-0.25, -0.2) is 8.42 Å².